The maximum atomic E-state index is 5.80. The van der Waals surface area contributed by atoms with E-state index in [1.807, 2.05) is 0 Å². The monoisotopic (exact) mass is 307 g/mol. The predicted molar refractivity (Wildman–Crippen MR) is 94.0 cm³/mol. The molecule has 1 aromatic rings. The molecular formula is C19H33NO2. The molecule has 1 rings (SSSR count). The Morgan fingerprint density at radius 1 is 1.05 bits per heavy atom. The van der Waals surface area contributed by atoms with E-state index in [0.717, 1.165) is 25.4 Å². The van der Waals surface area contributed by atoms with Crippen molar-refractivity contribution in [2.75, 3.05) is 32.9 Å². The summed E-state index contributed by atoms with van der Waals surface area (Å²) < 4.78 is 11.4. The van der Waals surface area contributed by atoms with E-state index in [0.29, 0.717) is 13.2 Å². The van der Waals surface area contributed by atoms with Gasteiger partial charge in [-0.3, -0.25) is 0 Å². The van der Waals surface area contributed by atoms with Gasteiger partial charge in [-0.1, -0.05) is 46.2 Å². The van der Waals surface area contributed by atoms with Gasteiger partial charge in [-0.25, -0.2) is 0 Å². The second-order valence-corrected chi connectivity index (χ2v) is 6.79. The molecule has 0 aromatic heterocycles. The Kier molecular flexibility index (Phi) is 8.51. The maximum absolute atomic E-state index is 5.80. The molecule has 0 amide bonds. The first kappa shape index (κ1) is 19.0. The number of ether oxygens (including phenoxy) is 2. The summed E-state index contributed by atoms with van der Waals surface area (Å²) in [5.41, 5.74) is 2.71. The molecule has 1 N–H and O–H groups in total. The first-order valence-electron chi connectivity index (χ1n) is 8.47. The van der Waals surface area contributed by atoms with Gasteiger partial charge in [-0.05, 0) is 42.5 Å². The zero-order chi connectivity index (χ0) is 16.4. The van der Waals surface area contributed by atoms with Crippen molar-refractivity contribution in [2.24, 2.45) is 0 Å². The molecule has 126 valence electrons. The average molecular weight is 307 g/mol. The lowest BCUT2D eigenvalue weighted by Gasteiger charge is -2.20. The molecule has 0 aliphatic rings. The molecule has 0 aliphatic heterocycles. The van der Waals surface area contributed by atoms with Crippen LogP contribution in [0.15, 0.2) is 18.2 Å². The van der Waals surface area contributed by atoms with Crippen molar-refractivity contribution in [3.05, 3.63) is 29.3 Å². The van der Waals surface area contributed by atoms with Crippen LogP contribution in [-0.2, 0) is 10.2 Å². The third-order valence-corrected chi connectivity index (χ3v) is 3.66. The first-order chi connectivity index (χ1) is 10.4. The van der Waals surface area contributed by atoms with E-state index < -0.39 is 0 Å². The van der Waals surface area contributed by atoms with Crippen molar-refractivity contribution < 1.29 is 9.47 Å². The fraction of sp³-hybridized carbons (Fsp3) is 0.684. The average Bonchev–Trinajstić information content (AvgIpc) is 2.46. The van der Waals surface area contributed by atoms with Crippen LogP contribution in [0, 0.1) is 6.92 Å². The molecule has 0 radical (unpaired) electrons. The minimum atomic E-state index is 0.178. The van der Waals surface area contributed by atoms with E-state index in [4.69, 9.17) is 9.47 Å². The fourth-order valence-corrected chi connectivity index (χ4v) is 2.16. The lowest BCUT2D eigenvalue weighted by molar-refractivity contribution is 0.101. The normalized spacial score (nSPS) is 11.7. The van der Waals surface area contributed by atoms with Gasteiger partial charge in [0.2, 0.25) is 0 Å². The summed E-state index contributed by atoms with van der Waals surface area (Å²) in [5.74, 6) is 0.956. The highest BCUT2D eigenvalue weighted by atomic mass is 16.5. The van der Waals surface area contributed by atoms with E-state index >= 15 is 0 Å². The number of hydrogen-bond acceptors (Lipinski definition) is 3. The lowest BCUT2D eigenvalue weighted by atomic mass is 9.86. The summed E-state index contributed by atoms with van der Waals surface area (Å²) in [6.45, 7) is 15.0. The molecule has 0 bridgehead atoms. The minimum absolute atomic E-state index is 0.178. The van der Waals surface area contributed by atoms with Crippen molar-refractivity contribution in [3.63, 3.8) is 0 Å². The molecule has 0 saturated carbocycles. The van der Waals surface area contributed by atoms with Crippen LogP contribution >= 0.6 is 0 Å². The Morgan fingerprint density at radius 3 is 2.45 bits per heavy atom. The highest BCUT2D eigenvalue weighted by Crippen LogP contribution is 2.27. The quantitative estimate of drug-likeness (QED) is 0.661. The molecule has 22 heavy (non-hydrogen) atoms. The number of benzene rings is 1. The molecule has 3 nitrogen and oxygen atoms in total. The van der Waals surface area contributed by atoms with E-state index in [9.17, 15) is 0 Å². The Labute approximate surface area is 136 Å². The van der Waals surface area contributed by atoms with Gasteiger partial charge < -0.3 is 14.8 Å². The smallest absolute Gasteiger partial charge is 0.122 e. The van der Waals surface area contributed by atoms with Crippen LogP contribution in [0.5, 0.6) is 5.75 Å². The Hall–Kier alpha value is -1.06. The van der Waals surface area contributed by atoms with E-state index in [1.165, 1.54) is 24.0 Å². The Bertz CT molecular complexity index is 424. The Morgan fingerprint density at radius 2 is 1.82 bits per heavy atom. The van der Waals surface area contributed by atoms with Gasteiger partial charge >= 0.3 is 0 Å². The second kappa shape index (κ2) is 9.86. The van der Waals surface area contributed by atoms with Gasteiger partial charge in [-0.2, -0.15) is 0 Å². The molecule has 0 spiro atoms. The topological polar surface area (TPSA) is 30.5 Å². The summed E-state index contributed by atoms with van der Waals surface area (Å²) in [6, 6.07) is 6.44. The standard InChI is InChI=1S/C19H33NO2/c1-6-7-10-20-11-12-21-13-14-22-18-9-8-17(15-16(18)2)19(3,4)5/h8-9,15,20H,6-7,10-14H2,1-5H3. The third-order valence-electron chi connectivity index (χ3n) is 3.66. The van der Waals surface area contributed by atoms with Crippen LogP contribution in [0.1, 0.15) is 51.7 Å². The first-order valence-corrected chi connectivity index (χ1v) is 8.47. The maximum Gasteiger partial charge on any atom is 0.122 e. The van der Waals surface area contributed by atoms with Crippen molar-refractivity contribution >= 4 is 0 Å². The van der Waals surface area contributed by atoms with Crippen molar-refractivity contribution in [1.29, 1.82) is 0 Å². The SMILES string of the molecule is CCCCNCCOCCOc1ccc(C(C)(C)C)cc1C. The number of rotatable bonds is 10. The van der Waals surface area contributed by atoms with Crippen molar-refractivity contribution in [3.8, 4) is 5.75 Å². The predicted octanol–water partition coefficient (Wildman–Crippen LogP) is 4.08. The number of nitrogens with one attached hydrogen (secondary N) is 1. The zero-order valence-electron chi connectivity index (χ0n) is 15.0. The molecule has 1 aromatic carbocycles. The molecule has 0 aliphatic carbocycles. The molecule has 0 fully saturated rings. The van der Waals surface area contributed by atoms with E-state index in [2.05, 4.69) is 58.1 Å². The third kappa shape index (κ3) is 7.28. The van der Waals surface area contributed by atoms with E-state index in [-0.39, 0.29) is 5.41 Å². The van der Waals surface area contributed by atoms with Gasteiger partial charge in [-0.15, -0.1) is 0 Å². The molecule has 0 atom stereocenters. The fourth-order valence-electron chi connectivity index (χ4n) is 2.16. The van der Waals surface area contributed by atoms with Crippen LogP contribution in [0.2, 0.25) is 0 Å². The van der Waals surface area contributed by atoms with E-state index in [1.54, 1.807) is 0 Å². The summed E-state index contributed by atoms with van der Waals surface area (Å²) >= 11 is 0. The largest absolute Gasteiger partial charge is 0.491 e. The summed E-state index contributed by atoms with van der Waals surface area (Å²) in [4.78, 5) is 0. The van der Waals surface area contributed by atoms with Crippen molar-refractivity contribution in [2.45, 2.75) is 52.9 Å². The molecular weight excluding hydrogens is 274 g/mol. The van der Waals surface area contributed by atoms with Gasteiger partial charge in [0.15, 0.2) is 0 Å². The molecule has 0 heterocycles. The van der Waals surface area contributed by atoms with Crippen LogP contribution in [0.25, 0.3) is 0 Å². The second-order valence-electron chi connectivity index (χ2n) is 6.79. The number of hydrogen-bond donors (Lipinski definition) is 1. The van der Waals surface area contributed by atoms with Crippen LogP contribution in [-0.4, -0.2) is 32.9 Å². The molecule has 0 saturated heterocycles. The van der Waals surface area contributed by atoms with Gasteiger partial charge in [0.1, 0.15) is 12.4 Å². The number of unbranched alkanes of at least 4 members (excludes halogenated alkanes) is 1. The molecule has 0 unspecified atom stereocenters. The van der Waals surface area contributed by atoms with Crippen LogP contribution in [0.4, 0.5) is 0 Å². The van der Waals surface area contributed by atoms with Crippen molar-refractivity contribution in [1.82, 2.24) is 5.32 Å². The highest BCUT2D eigenvalue weighted by molar-refractivity contribution is 5.38. The number of aryl methyl sites for hydroxylation is 1. The van der Waals surface area contributed by atoms with Crippen LogP contribution < -0.4 is 10.1 Å². The van der Waals surface area contributed by atoms with Gasteiger partial charge in [0.05, 0.1) is 13.2 Å². The highest BCUT2D eigenvalue weighted by Gasteiger charge is 2.14. The molecule has 3 heteroatoms. The van der Waals surface area contributed by atoms with Gasteiger partial charge in [0.25, 0.3) is 0 Å². The van der Waals surface area contributed by atoms with Crippen LogP contribution in [0.3, 0.4) is 0 Å². The van der Waals surface area contributed by atoms with Gasteiger partial charge in [0, 0.05) is 6.54 Å². The summed E-state index contributed by atoms with van der Waals surface area (Å²) in [5, 5.41) is 3.36. The zero-order valence-corrected chi connectivity index (χ0v) is 15.0. The summed E-state index contributed by atoms with van der Waals surface area (Å²) in [6.07, 6.45) is 2.46. The Balaban J connectivity index is 2.20. The lowest BCUT2D eigenvalue weighted by Crippen LogP contribution is -2.21. The summed E-state index contributed by atoms with van der Waals surface area (Å²) in [7, 11) is 0. The minimum Gasteiger partial charge on any atom is -0.491 e.